The highest BCUT2D eigenvalue weighted by molar-refractivity contribution is 5.23. The van der Waals surface area contributed by atoms with Gasteiger partial charge in [0.05, 0.1) is 12.6 Å². The van der Waals surface area contributed by atoms with E-state index in [4.69, 9.17) is 0 Å². The first-order valence-electron chi connectivity index (χ1n) is 6.56. The molecule has 0 bridgehead atoms. The second kappa shape index (κ2) is 5.11. The van der Waals surface area contributed by atoms with Gasteiger partial charge in [0.15, 0.2) is 0 Å². The lowest BCUT2D eigenvalue weighted by Crippen LogP contribution is -2.36. The van der Waals surface area contributed by atoms with Gasteiger partial charge in [-0.1, -0.05) is 29.8 Å². The van der Waals surface area contributed by atoms with Crippen molar-refractivity contribution in [2.45, 2.75) is 26.1 Å². The van der Waals surface area contributed by atoms with Gasteiger partial charge in [0.25, 0.3) is 0 Å². The molecule has 19 heavy (non-hydrogen) atoms. The number of nitrogens with zero attached hydrogens (tertiary/aromatic N) is 4. The van der Waals surface area contributed by atoms with Gasteiger partial charge >= 0.3 is 0 Å². The second-order valence-corrected chi connectivity index (χ2v) is 5.10. The first kappa shape index (κ1) is 12.3. The smallest absolute Gasteiger partial charge is 0.147 e. The van der Waals surface area contributed by atoms with Gasteiger partial charge in [-0.05, 0) is 12.5 Å². The molecule has 1 aliphatic heterocycles. The van der Waals surface area contributed by atoms with E-state index in [0.29, 0.717) is 6.54 Å². The summed E-state index contributed by atoms with van der Waals surface area (Å²) in [5, 5.41) is 18.3. The third-order valence-corrected chi connectivity index (χ3v) is 3.61. The van der Waals surface area contributed by atoms with Crippen LogP contribution in [0.1, 0.15) is 23.1 Å². The zero-order valence-corrected chi connectivity index (χ0v) is 11.0. The van der Waals surface area contributed by atoms with Gasteiger partial charge in [-0.2, -0.15) is 0 Å². The zero-order valence-electron chi connectivity index (χ0n) is 11.0. The maximum Gasteiger partial charge on any atom is 0.147 e. The average Bonchev–Trinajstić information content (AvgIpc) is 2.87. The van der Waals surface area contributed by atoms with Crippen molar-refractivity contribution in [2.75, 3.05) is 13.1 Å². The molecule has 100 valence electrons. The van der Waals surface area contributed by atoms with Crippen molar-refractivity contribution in [1.29, 1.82) is 0 Å². The summed E-state index contributed by atoms with van der Waals surface area (Å²) in [6.07, 6.45) is 1.32. The Morgan fingerprint density at radius 3 is 2.84 bits per heavy atom. The first-order chi connectivity index (χ1) is 9.22. The van der Waals surface area contributed by atoms with E-state index >= 15 is 0 Å². The molecule has 0 saturated carbocycles. The van der Waals surface area contributed by atoms with Crippen molar-refractivity contribution in [3.8, 4) is 0 Å². The number of hydrogen-bond acceptors (Lipinski definition) is 4. The van der Waals surface area contributed by atoms with Crippen LogP contribution in [-0.4, -0.2) is 37.9 Å². The minimum atomic E-state index is -0.449. The van der Waals surface area contributed by atoms with Crippen molar-refractivity contribution < 1.29 is 5.11 Å². The summed E-state index contributed by atoms with van der Waals surface area (Å²) in [5.41, 5.74) is 2.18. The predicted molar refractivity (Wildman–Crippen MR) is 71.4 cm³/mol. The first-order valence-corrected chi connectivity index (χ1v) is 6.56. The summed E-state index contributed by atoms with van der Waals surface area (Å²) in [5.74, 6) is 0.974. The lowest BCUT2D eigenvalue weighted by Gasteiger charge is -2.28. The van der Waals surface area contributed by atoms with Gasteiger partial charge in [-0.25, -0.2) is 0 Å². The topological polar surface area (TPSA) is 54.2 Å². The third-order valence-electron chi connectivity index (χ3n) is 3.61. The fourth-order valence-electron chi connectivity index (χ4n) is 2.41. The van der Waals surface area contributed by atoms with E-state index in [1.807, 2.05) is 31.2 Å². The molecule has 0 aliphatic carbocycles. The fourth-order valence-corrected chi connectivity index (χ4v) is 2.41. The lowest BCUT2D eigenvalue weighted by atomic mass is 10.1. The molecule has 0 fully saturated rings. The average molecular weight is 258 g/mol. The summed E-state index contributed by atoms with van der Waals surface area (Å²) < 4.78 is 2.06. The Kier molecular flexibility index (Phi) is 3.31. The van der Waals surface area contributed by atoms with E-state index in [1.165, 1.54) is 5.56 Å². The van der Waals surface area contributed by atoms with Crippen LogP contribution in [0.4, 0.5) is 0 Å². The number of fused-ring (bicyclic) bond motifs is 1. The van der Waals surface area contributed by atoms with E-state index in [0.717, 1.165) is 31.0 Å². The molecule has 0 radical (unpaired) electrons. The van der Waals surface area contributed by atoms with Crippen LogP contribution in [0.15, 0.2) is 30.6 Å². The van der Waals surface area contributed by atoms with Crippen LogP contribution in [-0.2, 0) is 13.1 Å². The SMILES string of the molecule is Cc1ccc(C(O)CN2CCn3cnnc3C2)cc1. The molecule has 1 N–H and O–H groups in total. The van der Waals surface area contributed by atoms with E-state index in [9.17, 15) is 5.11 Å². The number of hydrogen-bond donors (Lipinski definition) is 1. The molecular weight excluding hydrogens is 240 g/mol. The van der Waals surface area contributed by atoms with Gasteiger partial charge in [0.2, 0.25) is 0 Å². The molecule has 1 aliphatic rings. The Balaban J connectivity index is 1.64. The van der Waals surface area contributed by atoms with Crippen LogP contribution in [0.3, 0.4) is 0 Å². The summed E-state index contributed by atoms with van der Waals surface area (Å²) in [7, 11) is 0. The highest BCUT2D eigenvalue weighted by Gasteiger charge is 2.20. The molecule has 5 nitrogen and oxygen atoms in total. The van der Waals surface area contributed by atoms with Crippen LogP contribution in [0.5, 0.6) is 0 Å². The number of aryl methyl sites for hydroxylation is 1. The van der Waals surface area contributed by atoms with Crippen LogP contribution < -0.4 is 0 Å². The van der Waals surface area contributed by atoms with E-state index in [1.54, 1.807) is 6.33 Å². The van der Waals surface area contributed by atoms with Crippen LogP contribution in [0, 0.1) is 6.92 Å². The molecule has 0 amide bonds. The standard InChI is InChI=1S/C14H18N4O/c1-11-2-4-12(5-3-11)13(19)8-17-6-7-18-10-15-16-14(18)9-17/h2-5,10,13,19H,6-9H2,1H3. The van der Waals surface area contributed by atoms with Crippen molar-refractivity contribution in [3.63, 3.8) is 0 Å². The maximum atomic E-state index is 10.3. The molecule has 2 aromatic rings. The Morgan fingerprint density at radius 1 is 1.26 bits per heavy atom. The Labute approximate surface area is 112 Å². The predicted octanol–water partition coefficient (Wildman–Crippen LogP) is 1.14. The largest absolute Gasteiger partial charge is 0.387 e. The van der Waals surface area contributed by atoms with E-state index < -0.39 is 6.10 Å². The highest BCUT2D eigenvalue weighted by Crippen LogP contribution is 2.17. The number of β-amino-alcohol motifs (C(OH)–C–C–N with tert-alkyl or cyclic N) is 1. The van der Waals surface area contributed by atoms with Gasteiger partial charge in [-0.3, -0.25) is 4.90 Å². The van der Waals surface area contributed by atoms with Gasteiger partial charge in [0.1, 0.15) is 12.2 Å². The van der Waals surface area contributed by atoms with Crippen molar-refractivity contribution in [1.82, 2.24) is 19.7 Å². The van der Waals surface area contributed by atoms with Crippen LogP contribution >= 0.6 is 0 Å². The number of benzene rings is 1. The summed E-state index contributed by atoms with van der Waals surface area (Å²) in [6.45, 7) is 5.25. The van der Waals surface area contributed by atoms with Crippen molar-refractivity contribution in [2.24, 2.45) is 0 Å². The molecule has 1 unspecified atom stereocenters. The van der Waals surface area contributed by atoms with Crippen LogP contribution in [0.2, 0.25) is 0 Å². The van der Waals surface area contributed by atoms with E-state index in [-0.39, 0.29) is 0 Å². The molecule has 1 aromatic heterocycles. The molecule has 1 atom stereocenters. The van der Waals surface area contributed by atoms with Gasteiger partial charge in [0, 0.05) is 19.6 Å². The number of aromatic nitrogens is 3. The number of aliphatic hydroxyl groups is 1. The van der Waals surface area contributed by atoms with Crippen LogP contribution in [0.25, 0.3) is 0 Å². The summed E-state index contributed by atoms with van der Waals surface area (Å²) in [4.78, 5) is 2.22. The minimum Gasteiger partial charge on any atom is -0.387 e. The molecule has 0 spiro atoms. The van der Waals surface area contributed by atoms with Gasteiger partial charge in [-0.15, -0.1) is 10.2 Å². The second-order valence-electron chi connectivity index (χ2n) is 5.10. The summed E-state index contributed by atoms with van der Waals surface area (Å²) >= 11 is 0. The monoisotopic (exact) mass is 258 g/mol. The highest BCUT2D eigenvalue weighted by atomic mass is 16.3. The molecule has 1 aromatic carbocycles. The Morgan fingerprint density at radius 2 is 2.05 bits per heavy atom. The number of rotatable bonds is 3. The molecule has 0 saturated heterocycles. The third kappa shape index (κ3) is 2.67. The number of aliphatic hydroxyl groups excluding tert-OH is 1. The molecule has 3 rings (SSSR count). The lowest BCUT2D eigenvalue weighted by molar-refractivity contribution is 0.0962. The summed E-state index contributed by atoms with van der Waals surface area (Å²) in [6, 6.07) is 8.05. The normalized spacial score (nSPS) is 17.2. The zero-order chi connectivity index (χ0) is 13.2. The Bertz CT molecular complexity index is 549. The maximum absolute atomic E-state index is 10.3. The molecule has 2 heterocycles. The van der Waals surface area contributed by atoms with Gasteiger partial charge < -0.3 is 9.67 Å². The quantitative estimate of drug-likeness (QED) is 0.897. The van der Waals surface area contributed by atoms with E-state index in [2.05, 4.69) is 19.7 Å². The van der Waals surface area contributed by atoms with Crippen molar-refractivity contribution in [3.05, 3.63) is 47.5 Å². The molecular formula is C14H18N4O. The minimum absolute atomic E-state index is 0.449. The fraction of sp³-hybridized carbons (Fsp3) is 0.429. The molecule has 5 heteroatoms. The van der Waals surface area contributed by atoms with Crippen molar-refractivity contribution >= 4 is 0 Å². The Hall–Kier alpha value is -1.72.